The topological polar surface area (TPSA) is 68.3 Å². The highest BCUT2D eigenvalue weighted by atomic mass is 35.5. The van der Waals surface area contributed by atoms with Gasteiger partial charge < -0.3 is 10.1 Å². The first kappa shape index (κ1) is 16.1. The lowest BCUT2D eigenvalue weighted by molar-refractivity contribution is -0.141. The predicted molar refractivity (Wildman–Crippen MR) is 94.6 cm³/mol. The molecule has 1 aliphatic carbocycles. The summed E-state index contributed by atoms with van der Waals surface area (Å²) in [7, 11) is 0. The van der Waals surface area contributed by atoms with Gasteiger partial charge in [0.1, 0.15) is 6.61 Å². The molecule has 0 bridgehead atoms. The summed E-state index contributed by atoms with van der Waals surface area (Å²) in [6, 6.07) is 9.80. The van der Waals surface area contributed by atoms with Gasteiger partial charge in [-0.1, -0.05) is 35.9 Å². The largest absolute Gasteiger partial charge is 0.465 e. The number of fused-ring (bicyclic) bond motifs is 1. The first-order valence-corrected chi connectivity index (χ1v) is 8.58. The van der Waals surface area contributed by atoms with Crippen molar-refractivity contribution in [2.24, 2.45) is 0 Å². The van der Waals surface area contributed by atoms with Gasteiger partial charge in [-0.25, -0.2) is 4.98 Å². The molecular formula is C19H17ClN2O3. The fourth-order valence-corrected chi connectivity index (χ4v) is 3.47. The Hall–Kier alpha value is -2.40. The maximum absolute atomic E-state index is 11.5. The molecule has 0 saturated heterocycles. The van der Waals surface area contributed by atoms with Gasteiger partial charge in [-0.05, 0) is 24.5 Å². The number of hydrogen-bond donors (Lipinski definition) is 1. The van der Waals surface area contributed by atoms with Crippen molar-refractivity contribution in [2.45, 2.75) is 31.6 Å². The standard InChI is InChI=1S/C19H17ClN2O3/c1-11(23)25-10-19(6-7-19)13-4-2-12(3-5-13)18-14(20)8-15-16(22-18)9-17(24)21-15/h2-5,8H,6-7,9-10H2,1H3,(H,21,24). The average Bonchev–Trinajstić information content (AvgIpc) is 3.29. The number of esters is 1. The van der Waals surface area contributed by atoms with E-state index in [4.69, 9.17) is 16.3 Å². The molecule has 1 saturated carbocycles. The van der Waals surface area contributed by atoms with Crippen molar-refractivity contribution in [3.8, 4) is 11.3 Å². The zero-order chi connectivity index (χ0) is 17.6. The molecule has 1 aromatic heterocycles. The number of rotatable bonds is 4. The van der Waals surface area contributed by atoms with Gasteiger partial charge in [0.15, 0.2) is 0 Å². The predicted octanol–water partition coefficient (Wildman–Crippen LogP) is 3.49. The molecule has 4 rings (SSSR count). The van der Waals surface area contributed by atoms with Gasteiger partial charge in [-0.3, -0.25) is 9.59 Å². The Labute approximate surface area is 150 Å². The second-order valence-electron chi connectivity index (χ2n) is 6.68. The summed E-state index contributed by atoms with van der Waals surface area (Å²) in [4.78, 5) is 27.1. The minimum absolute atomic E-state index is 0.0459. The second-order valence-corrected chi connectivity index (χ2v) is 7.08. The Bertz CT molecular complexity index is 873. The van der Waals surface area contributed by atoms with E-state index in [1.54, 1.807) is 6.07 Å². The van der Waals surface area contributed by atoms with Crippen LogP contribution in [-0.4, -0.2) is 23.5 Å². The number of anilines is 1. The number of nitrogens with one attached hydrogen (secondary N) is 1. The number of benzene rings is 1. The smallest absolute Gasteiger partial charge is 0.302 e. The van der Waals surface area contributed by atoms with Crippen LogP contribution in [0.3, 0.4) is 0 Å². The fourth-order valence-electron chi connectivity index (χ4n) is 3.21. The minimum Gasteiger partial charge on any atom is -0.465 e. The first-order valence-electron chi connectivity index (χ1n) is 8.20. The second kappa shape index (κ2) is 5.85. The van der Waals surface area contributed by atoms with Crippen molar-refractivity contribution in [3.63, 3.8) is 0 Å². The number of nitrogens with zero attached hydrogens (tertiary/aromatic N) is 1. The number of amides is 1. The van der Waals surface area contributed by atoms with E-state index in [0.717, 1.165) is 29.7 Å². The van der Waals surface area contributed by atoms with E-state index in [-0.39, 0.29) is 23.7 Å². The summed E-state index contributed by atoms with van der Waals surface area (Å²) in [6.45, 7) is 1.85. The molecule has 1 aromatic carbocycles. The van der Waals surface area contributed by atoms with Crippen LogP contribution in [0.4, 0.5) is 5.69 Å². The number of hydrogen-bond acceptors (Lipinski definition) is 4. The SMILES string of the molecule is CC(=O)OCC1(c2ccc(-c3nc4c(cc3Cl)NC(=O)C4)cc2)CC1. The van der Waals surface area contributed by atoms with E-state index in [2.05, 4.69) is 10.3 Å². The van der Waals surface area contributed by atoms with Crippen LogP contribution in [0.25, 0.3) is 11.3 Å². The van der Waals surface area contributed by atoms with Crippen LogP contribution >= 0.6 is 11.6 Å². The van der Waals surface area contributed by atoms with E-state index in [0.29, 0.717) is 23.0 Å². The normalized spacial score (nSPS) is 17.0. The Balaban J connectivity index is 1.60. The highest BCUT2D eigenvalue weighted by Gasteiger charge is 2.45. The third-order valence-electron chi connectivity index (χ3n) is 4.83. The van der Waals surface area contributed by atoms with Crippen LogP contribution in [0.2, 0.25) is 5.02 Å². The van der Waals surface area contributed by atoms with Crippen molar-refractivity contribution in [3.05, 3.63) is 46.6 Å². The Morgan fingerprint density at radius 1 is 1.32 bits per heavy atom. The minimum atomic E-state index is -0.250. The molecule has 1 N–H and O–H groups in total. The highest BCUT2D eigenvalue weighted by molar-refractivity contribution is 6.33. The van der Waals surface area contributed by atoms with E-state index in [9.17, 15) is 9.59 Å². The van der Waals surface area contributed by atoms with E-state index >= 15 is 0 Å². The third kappa shape index (κ3) is 3.00. The van der Waals surface area contributed by atoms with Gasteiger partial charge >= 0.3 is 5.97 Å². The number of carbonyl (C=O) groups excluding carboxylic acids is 2. The van der Waals surface area contributed by atoms with E-state index < -0.39 is 0 Å². The lowest BCUT2D eigenvalue weighted by Gasteiger charge is -2.16. The summed E-state index contributed by atoms with van der Waals surface area (Å²) in [5.41, 5.74) is 4.10. The van der Waals surface area contributed by atoms with Gasteiger partial charge in [0.05, 0.1) is 28.5 Å². The van der Waals surface area contributed by atoms with Crippen LogP contribution in [-0.2, 0) is 26.2 Å². The molecule has 0 unspecified atom stereocenters. The van der Waals surface area contributed by atoms with E-state index in [1.807, 2.05) is 24.3 Å². The van der Waals surface area contributed by atoms with Gasteiger partial charge in [-0.2, -0.15) is 0 Å². The molecule has 2 aliphatic rings. The number of pyridine rings is 1. The molecule has 1 aliphatic heterocycles. The maximum atomic E-state index is 11.5. The number of ether oxygens (including phenoxy) is 1. The lowest BCUT2D eigenvalue weighted by atomic mass is 9.95. The monoisotopic (exact) mass is 356 g/mol. The van der Waals surface area contributed by atoms with Gasteiger partial charge in [0.2, 0.25) is 5.91 Å². The van der Waals surface area contributed by atoms with Crippen LogP contribution in [0.15, 0.2) is 30.3 Å². The molecule has 2 heterocycles. The Morgan fingerprint density at radius 3 is 2.68 bits per heavy atom. The van der Waals surface area contributed by atoms with Crippen molar-refractivity contribution in [2.75, 3.05) is 11.9 Å². The molecule has 6 heteroatoms. The molecule has 2 aromatic rings. The molecule has 1 fully saturated rings. The summed E-state index contributed by atoms with van der Waals surface area (Å²) < 4.78 is 5.21. The van der Waals surface area contributed by atoms with Crippen LogP contribution in [0.5, 0.6) is 0 Å². The van der Waals surface area contributed by atoms with Crippen LogP contribution < -0.4 is 5.32 Å². The Kier molecular flexibility index (Phi) is 3.76. The molecule has 0 radical (unpaired) electrons. The quantitative estimate of drug-likeness (QED) is 0.851. The average molecular weight is 357 g/mol. The van der Waals surface area contributed by atoms with Gasteiger partial charge in [0, 0.05) is 17.9 Å². The summed E-state index contributed by atoms with van der Waals surface area (Å²) in [5, 5.41) is 3.26. The summed E-state index contributed by atoms with van der Waals surface area (Å²) in [5.74, 6) is -0.313. The first-order chi connectivity index (χ1) is 12.0. The molecule has 0 spiro atoms. The summed E-state index contributed by atoms with van der Waals surface area (Å²) >= 11 is 6.35. The molecule has 128 valence electrons. The fraction of sp³-hybridized carbons (Fsp3) is 0.316. The summed E-state index contributed by atoms with van der Waals surface area (Å²) in [6.07, 6.45) is 2.32. The molecule has 0 atom stereocenters. The van der Waals surface area contributed by atoms with E-state index in [1.165, 1.54) is 6.92 Å². The number of halogens is 1. The van der Waals surface area contributed by atoms with Crippen LogP contribution in [0.1, 0.15) is 31.0 Å². The molecule has 1 amide bonds. The molecular weight excluding hydrogens is 340 g/mol. The number of carbonyl (C=O) groups is 2. The molecule has 25 heavy (non-hydrogen) atoms. The lowest BCUT2D eigenvalue weighted by Crippen LogP contribution is -2.17. The Morgan fingerprint density at radius 2 is 2.04 bits per heavy atom. The van der Waals surface area contributed by atoms with Crippen molar-refractivity contribution in [1.29, 1.82) is 0 Å². The van der Waals surface area contributed by atoms with Gasteiger partial charge in [-0.15, -0.1) is 0 Å². The van der Waals surface area contributed by atoms with Crippen molar-refractivity contribution in [1.82, 2.24) is 4.98 Å². The zero-order valence-corrected chi connectivity index (χ0v) is 14.5. The third-order valence-corrected chi connectivity index (χ3v) is 5.12. The van der Waals surface area contributed by atoms with Crippen molar-refractivity contribution < 1.29 is 14.3 Å². The molecule has 5 nitrogen and oxygen atoms in total. The van der Waals surface area contributed by atoms with Crippen LogP contribution in [0, 0.1) is 0 Å². The van der Waals surface area contributed by atoms with Crippen molar-refractivity contribution >= 4 is 29.2 Å². The maximum Gasteiger partial charge on any atom is 0.302 e. The highest BCUT2D eigenvalue weighted by Crippen LogP contribution is 2.48. The zero-order valence-electron chi connectivity index (χ0n) is 13.8. The number of aromatic nitrogens is 1. The van der Waals surface area contributed by atoms with Gasteiger partial charge in [0.25, 0.3) is 0 Å².